The highest BCUT2D eigenvalue weighted by molar-refractivity contribution is 5.94. The zero-order chi connectivity index (χ0) is 25.8. The van der Waals surface area contributed by atoms with Gasteiger partial charge in [-0.2, -0.15) is 0 Å². The molecule has 1 saturated heterocycles. The first-order chi connectivity index (χ1) is 16.0. The molecule has 1 aliphatic rings. The number of likely N-dealkylation sites (tertiary alicyclic amines) is 1. The molecule has 9 N–H and O–H groups in total. The highest BCUT2D eigenvalue weighted by atomic mass is 16.4. The van der Waals surface area contributed by atoms with E-state index in [1.807, 2.05) is 13.8 Å². The van der Waals surface area contributed by atoms with Crippen LogP contribution in [0.15, 0.2) is 0 Å². The lowest BCUT2D eigenvalue weighted by Crippen LogP contribution is -2.56. The molecule has 0 aromatic rings. The van der Waals surface area contributed by atoms with Crippen LogP contribution in [-0.2, 0) is 24.0 Å². The fraction of sp³-hybridized carbons (Fsp3) is 0.773. The van der Waals surface area contributed by atoms with E-state index >= 15 is 0 Å². The topological polar surface area (TPSA) is 211 Å². The third-order valence-electron chi connectivity index (χ3n) is 5.75. The molecule has 0 spiro atoms. The van der Waals surface area contributed by atoms with Crippen molar-refractivity contribution >= 4 is 29.6 Å². The average Bonchev–Trinajstić information content (AvgIpc) is 3.24. The van der Waals surface area contributed by atoms with E-state index in [9.17, 15) is 29.1 Å². The quantitative estimate of drug-likeness (QED) is 0.155. The highest BCUT2D eigenvalue weighted by Gasteiger charge is 2.38. The SMILES string of the molecule is CC(C)CC(N)C(=O)N1CCCC1C(=O)NC(CCCCN)C(=O)NC(CCC(N)=O)C(=O)O. The number of carboxylic acid groups (broad SMARTS) is 1. The standard InChI is InChI=1S/C22H40N6O6/c1-13(2)12-14(24)21(32)28-11-5-7-17(28)20(31)26-15(6-3-4-10-23)19(30)27-16(22(33)34)8-9-18(25)29/h13-17H,3-12,23-24H2,1-2H3,(H2,25,29)(H,26,31)(H,27,30)(H,33,34). The molecule has 0 aromatic carbocycles. The normalized spacial score (nSPS) is 18.3. The number of carboxylic acids is 1. The van der Waals surface area contributed by atoms with Gasteiger partial charge in [0.2, 0.25) is 23.6 Å². The number of nitrogens with one attached hydrogen (secondary N) is 2. The first-order valence-corrected chi connectivity index (χ1v) is 11.9. The lowest BCUT2D eigenvalue weighted by atomic mass is 10.0. The minimum absolute atomic E-state index is 0.168. The maximum atomic E-state index is 13.1. The van der Waals surface area contributed by atoms with E-state index in [4.69, 9.17) is 17.2 Å². The van der Waals surface area contributed by atoms with Crippen LogP contribution in [0, 0.1) is 5.92 Å². The second-order valence-electron chi connectivity index (χ2n) is 9.18. The lowest BCUT2D eigenvalue weighted by molar-refractivity contribution is -0.143. The van der Waals surface area contributed by atoms with Gasteiger partial charge in [0.25, 0.3) is 0 Å². The van der Waals surface area contributed by atoms with E-state index < -0.39 is 47.9 Å². The van der Waals surface area contributed by atoms with Crippen molar-refractivity contribution in [3.63, 3.8) is 0 Å². The lowest BCUT2D eigenvalue weighted by Gasteiger charge is -2.29. The van der Waals surface area contributed by atoms with Crippen LogP contribution < -0.4 is 27.8 Å². The van der Waals surface area contributed by atoms with Crippen LogP contribution in [-0.4, -0.2) is 76.9 Å². The Labute approximate surface area is 200 Å². The van der Waals surface area contributed by atoms with Crippen molar-refractivity contribution in [1.29, 1.82) is 0 Å². The van der Waals surface area contributed by atoms with Crippen LogP contribution in [0.3, 0.4) is 0 Å². The number of carbonyl (C=O) groups excluding carboxylic acids is 4. The number of amides is 4. The van der Waals surface area contributed by atoms with Gasteiger partial charge in [-0.3, -0.25) is 19.2 Å². The Bertz CT molecular complexity index is 731. The third-order valence-corrected chi connectivity index (χ3v) is 5.75. The molecule has 4 unspecified atom stereocenters. The Morgan fingerprint density at radius 1 is 1.06 bits per heavy atom. The van der Waals surface area contributed by atoms with Crippen LogP contribution in [0.1, 0.15) is 65.2 Å². The van der Waals surface area contributed by atoms with Crippen LogP contribution in [0.2, 0.25) is 0 Å². The molecule has 0 bridgehead atoms. The predicted molar refractivity (Wildman–Crippen MR) is 125 cm³/mol. The van der Waals surface area contributed by atoms with Crippen LogP contribution in [0.4, 0.5) is 0 Å². The summed E-state index contributed by atoms with van der Waals surface area (Å²) in [5.74, 6) is -3.24. The molecule has 0 aliphatic carbocycles. The Kier molecular flexibility index (Phi) is 12.5. The molecule has 1 rings (SSSR count). The van der Waals surface area contributed by atoms with E-state index in [1.54, 1.807) is 0 Å². The summed E-state index contributed by atoms with van der Waals surface area (Å²) in [5, 5.41) is 14.4. The van der Waals surface area contributed by atoms with Crippen molar-refractivity contribution in [1.82, 2.24) is 15.5 Å². The monoisotopic (exact) mass is 484 g/mol. The van der Waals surface area contributed by atoms with E-state index in [2.05, 4.69) is 10.6 Å². The van der Waals surface area contributed by atoms with Crippen LogP contribution in [0.25, 0.3) is 0 Å². The predicted octanol–water partition coefficient (Wildman–Crippen LogP) is -1.20. The fourth-order valence-corrected chi connectivity index (χ4v) is 3.97. The number of unbranched alkanes of at least 4 members (excludes halogenated alkanes) is 1. The number of nitrogens with zero attached hydrogens (tertiary/aromatic N) is 1. The van der Waals surface area contributed by atoms with Gasteiger partial charge in [0.1, 0.15) is 18.1 Å². The summed E-state index contributed by atoms with van der Waals surface area (Å²) in [5.41, 5.74) is 16.6. The maximum absolute atomic E-state index is 13.1. The van der Waals surface area contributed by atoms with Crippen molar-refractivity contribution < 1.29 is 29.1 Å². The summed E-state index contributed by atoms with van der Waals surface area (Å²) in [4.78, 5) is 62.7. The molecule has 34 heavy (non-hydrogen) atoms. The Morgan fingerprint density at radius 3 is 2.29 bits per heavy atom. The van der Waals surface area contributed by atoms with Crippen molar-refractivity contribution in [2.75, 3.05) is 13.1 Å². The number of rotatable bonds is 15. The summed E-state index contributed by atoms with van der Waals surface area (Å²) in [7, 11) is 0. The summed E-state index contributed by atoms with van der Waals surface area (Å²) in [6, 6.07) is -3.80. The molecule has 12 nitrogen and oxygen atoms in total. The van der Waals surface area contributed by atoms with E-state index in [0.29, 0.717) is 45.2 Å². The molecule has 0 saturated carbocycles. The summed E-state index contributed by atoms with van der Waals surface area (Å²) in [6.07, 6.45) is 2.58. The molecule has 4 atom stereocenters. The van der Waals surface area contributed by atoms with Gasteiger partial charge in [0.15, 0.2) is 0 Å². The van der Waals surface area contributed by atoms with Gasteiger partial charge in [-0.25, -0.2) is 4.79 Å². The minimum Gasteiger partial charge on any atom is -0.480 e. The first-order valence-electron chi connectivity index (χ1n) is 11.9. The second-order valence-corrected chi connectivity index (χ2v) is 9.18. The molecule has 12 heteroatoms. The van der Waals surface area contributed by atoms with Gasteiger partial charge in [-0.1, -0.05) is 13.8 Å². The number of hydrogen-bond acceptors (Lipinski definition) is 7. The first kappa shape index (κ1) is 29.3. The van der Waals surface area contributed by atoms with Gasteiger partial charge in [-0.15, -0.1) is 0 Å². The number of aliphatic carboxylic acids is 1. The van der Waals surface area contributed by atoms with E-state index in [1.165, 1.54) is 4.90 Å². The minimum atomic E-state index is -1.33. The molecule has 1 aliphatic heterocycles. The molecular formula is C22H40N6O6. The molecule has 0 radical (unpaired) electrons. The Balaban J connectivity index is 2.90. The third kappa shape index (κ3) is 9.64. The van der Waals surface area contributed by atoms with Gasteiger partial charge >= 0.3 is 5.97 Å². The highest BCUT2D eigenvalue weighted by Crippen LogP contribution is 2.20. The number of carbonyl (C=O) groups is 5. The second kappa shape index (κ2) is 14.5. The molecule has 1 heterocycles. The van der Waals surface area contributed by atoms with Gasteiger partial charge in [0.05, 0.1) is 6.04 Å². The Hall–Kier alpha value is -2.73. The fourth-order valence-electron chi connectivity index (χ4n) is 3.97. The number of primary amides is 1. The molecule has 0 aromatic heterocycles. The van der Waals surface area contributed by atoms with Gasteiger partial charge in [-0.05, 0) is 57.4 Å². The van der Waals surface area contributed by atoms with Crippen LogP contribution >= 0.6 is 0 Å². The zero-order valence-electron chi connectivity index (χ0n) is 20.1. The van der Waals surface area contributed by atoms with Gasteiger partial charge in [0, 0.05) is 13.0 Å². The van der Waals surface area contributed by atoms with Crippen molar-refractivity contribution in [2.45, 2.75) is 89.4 Å². The van der Waals surface area contributed by atoms with Crippen LogP contribution in [0.5, 0.6) is 0 Å². The van der Waals surface area contributed by atoms with E-state index in [-0.39, 0.29) is 31.1 Å². The van der Waals surface area contributed by atoms with Crippen molar-refractivity contribution in [2.24, 2.45) is 23.1 Å². The largest absolute Gasteiger partial charge is 0.480 e. The number of hydrogen-bond donors (Lipinski definition) is 6. The maximum Gasteiger partial charge on any atom is 0.326 e. The number of nitrogens with two attached hydrogens (primary N) is 3. The van der Waals surface area contributed by atoms with E-state index in [0.717, 1.165) is 0 Å². The molecular weight excluding hydrogens is 444 g/mol. The zero-order valence-corrected chi connectivity index (χ0v) is 20.1. The van der Waals surface area contributed by atoms with Crippen molar-refractivity contribution in [3.8, 4) is 0 Å². The van der Waals surface area contributed by atoms with Crippen molar-refractivity contribution in [3.05, 3.63) is 0 Å². The summed E-state index contributed by atoms with van der Waals surface area (Å²) >= 11 is 0. The Morgan fingerprint density at radius 2 is 1.74 bits per heavy atom. The summed E-state index contributed by atoms with van der Waals surface area (Å²) in [6.45, 7) is 4.72. The molecule has 4 amide bonds. The smallest absolute Gasteiger partial charge is 0.326 e. The molecule has 1 fully saturated rings. The molecule has 194 valence electrons. The van der Waals surface area contributed by atoms with Gasteiger partial charge < -0.3 is 37.8 Å². The average molecular weight is 485 g/mol. The summed E-state index contributed by atoms with van der Waals surface area (Å²) < 4.78 is 0.